The largest absolute Gasteiger partial charge is 0.359 e. The summed E-state index contributed by atoms with van der Waals surface area (Å²) in [4.78, 5) is 48.9. The normalized spacial score (nSPS) is 29.3. The first-order chi connectivity index (χ1) is 22.8. The highest BCUT2D eigenvalue weighted by Gasteiger charge is 2.72. The van der Waals surface area contributed by atoms with Gasteiger partial charge >= 0.3 is 0 Å². The Kier molecular flexibility index (Phi) is 9.63. The van der Waals surface area contributed by atoms with Crippen LogP contribution in [0, 0.1) is 11.8 Å². The van der Waals surface area contributed by atoms with Crippen molar-refractivity contribution in [1.29, 1.82) is 0 Å². The molecule has 4 fully saturated rings. The number of carbonyl (C=O) groups excluding carboxylic acids is 3. The van der Waals surface area contributed by atoms with Crippen molar-refractivity contribution in [3.05, 3.63) is 76.3 Å². The number of anilines is 1. The van der Waals surface area contributed by atoms with E-state index in [1.165, 1.54) is 12.0 Å². The molecule has 5 atom stereocenters. The first-order valence-corrected chi connectivity index (χ1v) is 17.8. The third kappa shape index (κ3) is 6.70. The van der Waals surface area contributed by atoms with Gasteiger partial charge in [-0.15, -0.1) is 0 Å². The molecule has 2 bridgehead atoms. The van der Waals surface area contributed by atoms with Gasteiger partial charge in [-0.1, -0.05) is 84.9 Å². The summed E-state index contributed by atoms with van der Waals surface area (Å²) >= 11 is 12.4. The maximum Gasteiger partial charge on any atom is 0.246 e. The minimum absolute atomic E-state index is 0.0880. The number of rotatable bonds is 10. The van der Waals surface area contributed by atoms with Gasteiger partial charge in [0.25, 0.3) is 0 Å². The Balaban J connectivity index is 1.04. The first kappa shape index (κ1) is 32.6. The number of nitrogens with one attached hydrogen (secondary N) is 2. The Hall–Kier alpha value is -2.95. The smallest absolute Gasteiger partial charge is 0.246 e. The zero-order valence-corrected chi connectivity index (χ0v) is 28.1. The van der Waals surface area contributed by atoms with E-state index < -0.39 is 29.6 Å². The lowest BCUT2D eigenvalue weighted by molar-refractivity contribution is -0.141. The zero-order valence-electron chi connectivity index (χ0n) is 26.6. The fourth-order valence-corrected chi connectivity index (χ4v) is 8.89. The van der Waals surface area contributed by atoms with Gasteiger partial charge in [0.1, 0.15) is 11.6 Å². The Morgan fingerprint density at radius 1 is 0.894 bits per heavy atom. The molecule has 7 rings (SSSR count). The molecule has 11 heteroatoms. The quantitative estimate of drug-likeness (QED) is 0.353. The lowest BCUT2D eigenvalue weighted by Gasteiger charge is -2.36. The van der Waals surface area contributed by atoms with E-state index in [-0.39, 0.29) is 23.8 Å². The fourth-order valence-electron chi connectivity index (χ4n) is 8.36. The van der Waals surface area contributed by atoms with Gasteiger partial charge in [0, 0.05) is 61.0 Å². The van der Waals surface area contributed by atoms with Gasteiger partial charge in [0.05, 0.1) is 17.9 Å². The van der Waals surface area contributed by atoms with E-state index in [1.54, 1.807) is 23.1 Å². The minimum Gasteiger partial charge on any atom is -0.359 e. The molecule has 1 saturated carbocycles. The number of nitrogens with zero attached hydrogens (tertiary/aromatic N) is 3. The second kappa shape index (κ2) is 13.9. The summed E-state index contributed by atoms with van der Waals surface area (Å²) in [5, 5.41) is 6.97. The maximum absolute atomic E-state index is 14.3. The molecule has 5 aliphatic rings. The summed E-state index contributed by atoms with van der Waals surface area (Å²) in [7, 11) is 0. The Labute approximate surface area is 286 Å². The molecule has 4 heterocycles. The van der Waals surface area contributed by atoms with Crippen LogP contribution in [0.4, 0.5) is 5.69 Å². The third-order valence-electron chi connectivity index (χ3n) is 10.6. The van der Waals surface area contributed by atoms with Gasteiger partial charge < -0.3 is 25.2 Å². The van der Waals surface area contributed by atoms with Crippen molar-refractivity contribution in [2.75, 3.05) is 44.6 Å². The van der Waals surface area contributed by atoms with E-state index in [0.717, 1.165) is 71.4 Å². The van der Waals surface area contributed by atoms with Gasteiger partial charge in [0.15, 0.2) is 0 Å². The summed E-state index contributed by atoms with van der Waals surface area (Å²) in [6.07, 6.45) is 9.06. The lowest BCUT2D eigenvalue weighted by Crippen LogP contribution is -2.56. The molecule has 0 radical (unpaired) electrons. The number of carbonyl (C=O) groups is 3. The van der Waals surface area contributed by atoms with Gasteiger partial charge in [-0.05, 0) is 49.6 Å². The second-order valence-electron chi connectivity index (χ2n) is 13.7. The van der Waals surface area contributed by atoms with Crippen LogP contribution in [0.5, 0.6) is 0 Å². The average Bonchev–Trinajstić information content (AvgIpc) is 3.70. The number of fused-ring (bicyclic) bond motifs is 1. The standard InChI is InChI=1S/C36H43Cl2N5O4/c37-25-20-26(38)22-28(21-25)40-33(44)30-29-12-13-36(47-29)31(30)35(46)43(32(36)34(45)39-27-10-5-2-6-11-27)15-7-14-41-16-18-42(19-17-41)23-24-8-3-1-4-9-24/h1,3-4,8-9,12-13,20-22,27,29-32H,2,5-7,10-11,14-19,23H2,(H,39,45)(H,40,44). The van der Waals surface area contributed by atoms with E-state index in [4.69, 9.17) is 27.9 Å². The van der Waals surface area contributed by atoms with Crippen molar-refractivity contribution in [3.63, 3.8) is 0 Å². The van der Waals surface area contributed by atoms with Crippen LogP contribution in [0.15, 0.2) is 60.7 Å². The molecule has 1 aliphatic carbocycles. The van der Waals surface area contributed by atoms with Crippen LogP contribution >= 0.6 is 23.2 Å². The summed E-state index contributed by atoms with van der Waals surface area (Å²) in [5.41, 5.74) is 0.591. The van der Waals surface area contributed by atoms with Gasteiger partial charge in [-0.2, -0.15) is 0 Å². The maximum atomic E-state index is 14.3. The molecule has 3 amide bonds. The van der Waals surface area contributed by atoms with Crippen molar-refractivity contribution in [2.45, 2.75) is 68.9 Å². The van der Waals surface area contributed by atoms with Crippen molar-refractivity contribution in [2.24, 2.45) is 11.8 Å². The fraction of sp³-hybridized carbons (Fsp3) is 0.528. The van der Waals surface area contributed by atoms with E-state index in [1.807, 2.05) is 18.2 Å². The second-order valence-corrected chi connectivity index (χ2v) is 14.6. The van der Waals surface area contributed by atoms with Crippen molar-refractivity contribution >= 4 is 46.6 Å². The minimum atomic E-state index is -1.18. The van der Waals surface area contributed by atoms with E-state index in [9.17, 15) is 14.4 Å². The van der Waals surface area contributed by atoms with E-state index >= 15 is 0 Å². The van der Waals surface area contributed by atoms with Gasteiger partial charge in [-0.3, -0.25) is 19.3 Å². The molecule has 1 spiro atoms. The highest BCUT2D eigenvalue weighted by molar-refractivity contribution is 6.35. The van der Waals surface area contributed by atoms with E-state index in [0.29, 0.717) is 22.3 Å². The third-order valence-corrected chi connectivity index (χ3v) is 11.0. The number of likely N-dealkylation sites (tertiary alicyclic amines) is 1. The molecule has 47 heavy (non-hydrogen) atoms. The van der Waals surface area contributed by atoms with Crippen LogP contribution in [0.3, 0.4) is 0 Å². The number of benzene rings is 2. The number of halogens is 2. The summed E-state index contributed by atoms with van der Waals surface area (Å²) in [6.45, 7) is 6.10. The Morgan fingerprint density at radius 3 is 2.32 bits per heavy atom. The molecule has 3 saturated heterocycles. The Morgan fingerprint density at radius 2 is 1.60 bits per heavy atom. The zero-order chi connectivity index (χ0) is 32.5. The topological polar surface area (TPSA) is 94.2 Å². The predicted molar refractivity (Wildman–Crippen MR) is 182 cm³/mol. The van der Waals surface area contributed by atoms with Crippen LogP contribution < -0.4 is 10.6 Å². The summed E-state index contributed by atoms with van der Waals surface area (Å²) in [6, 6.07) is 14.6. The number of amides is 3. The monoisotopic (exact) mass is 679 g/mol. The number of piperazine rings is 1. The van der Waals surface area contributed by atoms with Gasteiger partial charge in [0.2, 0.25) is 17.7 Å². The molecular weight excluding hydrogens is 637 g/mol. The van der Waals surface area contributed by atoms with Crippen LogP contribution in [0.2, 0.25) is 10.0 Å². The molecule has 0 aromatic heterocycles. The molecule has 250 valence electrons. The highest BCUT2D eigenvalue weighted by Crippen LogP contribution is 2.55. The number of hydrogen-bond donors (Lipinski definition) is 2. The van der Waals surface area contributed by atoms with Crippen LogP contribution in [-0.4, -0.2) is 95.5 Å². The van der Waals surface area contributed by atoms with Crippen molar-refractivity contribution in [1.82, 2.24) is 20.0 Å². The van der Waals surface area contributed by atoms with Crippen molar-refractivity contribution in [3.8, 4) is 0 Å². The van der Waals surface area contributed by atoms with Crippen LogP contribution in [0.1, 0.15) is 44.1 Å². The highest BCUT2D eigenvalue weighted by atomic mass is 35.5. The molecule has 4 aliphatic heterocycles. The lowest BCUT2D eigenvalue weighted by atomic mass is 9.74. The number of ether oxygens (including phenoxy) is 1. The van der Waals surface area contributed by atoms with Gasteiger partial charge in [-0.25, -0.2) is 0 Å². The summed E-state index contributed by atoms with van der Waals surface area (Å²) in [5.74, 6) is -2.30. The molecule has 9 nitrogen and oxygen atoms in total. The predicted octanol–water partition coefficient (Wildman–Crippen LogP) is 4.74. The average molecular weight is 681 g/mol. The van der Waals surface area contributed by atoms with Crippen LogP contribution in [0.25, 0.3) is 0 Å². The molecule has 2 aromatic carbocycles. The molecular formula is C36H43Cl2N5O4. The molecule has 2 aromatic rings. The SMILES string of the molecule is O=C(Nc1cc(Cl)cc(Cl)c1)C1C2C=CC3(O2)C1C(=O)N(CCCN1CCN(Cc2ccccc2)CC1)C3C(=O)NC1CCCCC1. The Bertz CT molecular complexity index is 1490. The molecule has 2 N–H and O–H groups in total. The summed E-state index contributed by atoms with van der Waals surface area (Å²) < 4.78 is 6.52. The van der Waals surface area contributed by atoms with Crippen LogP contribution in [-0.2, 0) is 25.7 Å². The molecule has 5 unspecified atom stereocenters. The number of hydrogen-bond acceptors (Lipinski definition) is 6. The van der Waals surface area contributed by atoms with E-state index in [2.05, 4.69) is 44.7 Å². The first-order valence-electron chi connectivity index (χ1n) is 17.0. The van der Waals surface area contributed by atoms with Crippen molar-refractivity contribution < 1.29 is 19.1 Å².